The van der Waals surface area contributed by atoms with Gasteiger partial charge in [-0.25, -0.2) is 4.98 Å². The number of alkyl halides is 3. The number of carbonyl (C=O) groups excluding carboxylic acids is 1. The Hall–Kier alpha value is -4.12. The summed E-state index contributed by atoms with van der Waals surface area (Å²) in [7, 11) is 1.34. The summed E-state index contributed by atoms with van der Waals surface area (Å²) >= 11 is 0. The molecular weight excluding hydrogens is 537 g/mol. The lowest BCUT2D eigenvalue weighted by atomic mass is 9.92. The maximum absolute atomic E-state index is 14.1. The lowest BCUT2D eigenvalue weighted by molar-refractivity contribution is -0.141. The summed E-state index contributed by atoms with van der Waals surface area (Å²) in [5.41, 5.74) is 4.65. The van der Waals surface area contributed by atoms with E-state index >= 15 is 0 Å². The fourth-order valence-corrected chi connectivity index (χ4v) is 5.92. The molecule has 0 fully saturated rings. The van der Waals surface area contributed by atoms with Crippen LogP contribution in [0.15, 0.2) is 59.6 Å². The fourth-order valence-electron chi connectivity index (χ4n) is 5.92. The van der Waals surface area contributed by atoms with Gasteiger partial charge in [-0.1, -0.05) is 23.4 Å². The summed E-state index contributed by atoms with van der Waals surface area (Å²) in [6.07, 6.45) is 0.173. The highest BCUT2D eigenvalue weighted by molar-refractivity contribution is 5.71. The molecule has 0 bridgehead atoms. The number of imidazole rings is 1. The minimum Gasteiger partial charge on any atom is -0.486 e. The first-order chi connectivity index (χ1) is 19.8. The molecule has 0 radical (unpaired) electrons. The highest BCUT2D eigenvalue weighted by Crippen LogP contribution is 2.43. The third-order valence-corrected chi connectivity index (χ3v) is 7.99. The molecule has 3 heterocycles. The number of aromatic nitrogens is 3. The topological polar surface area (TPSA) is 93.5 Å². The Balaban J connectivity index is 1.23. The number of halogens is 3. The molecule has 0 saturated heterocycles. The van der Waals surface area contributed by atoms with E-state index < -0.39 is 11.7 Å². The Morgan fingerprint density at radius 3 is 2.73 bits per heavy atom. The van der Waals surface area contributed by atoms with Gasteiger partial charge in [0.1, 0.15) is 18.1 Å². The minimum atomic E-state index is -4.45. The number of benzene rings is 2. The van der Waals surface area contributed by atoms with Crippen molar-refractivity contribution in [2.45, 2.75) is 57.0 Å². The fraction of sp³-hybridized carbons (Fsp3) is 0.367. The zero-order valence-corrected chi connectivity index (χ0v) is 22.4. The first-order valence-electron chi connectivity index (χ1n) is 13.5. The van der Waals surface area contributed by atoms with E-state index in [-0.39, 0.29) is 31.0 Å². The van der Waals surface area contributed by atoms with Gasteiger partial charge < -0.3 is 19.0 Å². The van der Waals surface area contributed by atoms with Crippen LogP contribution >= 0.6 is 0 Å². The van der Waals surface area contributed by atoms with Crippen LogP contribution in [0.1, 0.15) is 69.8 Å². The van der Waals surface area contributed by atoms with Crippen molar-refractivity contribution in [2.75, 3.05) is 13.7 Å². The van der Waals surface area contributed by atoms with Crippen molar-refractivity contribution in [3.8, 4) is 5.75 Å². The normalized spacial score (nSPS) is 17.6. The molecule has 0 spiro atoms. The van der Waals surface area contributed by atoms with Gasteiger partial charge in [0.05, 0.1) is 42.5 Å². The van der Waals surface area contributed by atoms with E-state index in [2.05, 4.69) is 15.1 Å². The summed E-state index contributed by atoms with van der Waals surface area (Å²) < 4.78 is 58.4. The highest BCUT2D eigenvalue weighted by atomic mass is 19.4. The monoisotopic (exact) mass is 566 g/mol. The SMILES string of the molecule is COC(=O)C[C@@H](c1ccc(O[C@@H]2CCc3c2ccc(C(F)(F)F)c3CN2CCc3nc[nH]c3C2)cc1)c1ccon1. The Bertz CT molecular complexity index is 1520. The van der Waals surface area contributed by atoms with Gasteiger partial charge in [-0.05, 0) is 53.3 Å². The van der Waals surface area contributed by atoms with Crippen LogP contribution in [-0.4, -0.2) is 39.6 Å². The number of nitrogens with zero attached hydrogens (tertiary/aromatic N) is 3. The molecule has 2 aromatic heterocycles. The van der Waals surface area contributed by atoms with Gasteiger partial charge in [-0.15, -0.1) is 0 Å². The van der Waals surface area contributed by atoms with E-state index in [0.29, 0.717) is 49.4 Å². The molecule has 214 valence electrons. The standard InChI is InChI=1S/C30H29F3N4O4/c1-39-29(38)14-22(25-11-13-40-36-25)18-2-4-19(5-3-18)41-28-9-7-20-21(28)6-8-24(30(31,32)33)23(20)15-37-12-10-26-27(16-37)35-17-34-26/h2-6,8,11,13,17,22,28H,7,9-10,12,14-16H2,1H3,(H,34,35)/t22-,28+/m0/s1. The Kier molecular flexibility index (Phi) is 7.29. The number of hydrogen-bond acceptors (Lipinski definition) is 7. The largest absolute Gasteiger partial charge is 0.486 e. The molecule has 0 saturated carbocycles. The van der Waals surface area contributed by atoms with E-state index in [1.54, 1.807) is 30.6 Å². The number of carbonyl (C=O) groups is 1. The molecule has 2 aromatic carbocycles. The van der Waals surface area contributed by atoms with Crippen LogP contribution in [0.5, 0.6) is 5.75 Å². The molecule has 11 heteroatoms. The molecule has 1 N–H and O–H groups in total. The third kappa shape index (κ3) is 5.58. The van der Waals surface area contributed by atoms with Gasteiger partial charge in [0.15, 0.2) is 0 Å². The van der Waals surface area contributed by atoms with Gasteiger partial charge >= 0.3 is 12.1 Å². The number of aromatic amines is 1. The number of rotatable bonds is 8. The quantitative estimate of drug-likeness (QED) is 0.272. The summed E-state index contributed by atoms with van der Waals surface area (Å²) in [6, 6.07) is 11.8. The second-order valence-corrected chi connectivity index (χ2v) is 10.4. The average Bonchev–Trinajstić information content (AvgIpc) is 3.73. The maximum atomic E-state index is 14.1. The number of ether oxygens (including phenoxy) is 2. The van der Waals surface area contributed by atoms with Gasteiger partial charge in [-0.2, -0.15) is 13.2 Å². The molecule has 41 heavy (non-hydrogen) atoms. The van der Waals surface area contributed by atoms with Crippen LogP contribution in [0.3, 0.4) is 0 Å². The summed E-state index contributed by atoms with van der Waals surface area (Å²) in [5.74, 6) is -0.129. The lowest BCUT2D eigenvalue weighted by Crippen LogP contribution is -2.31. The molecule has 0 amide bonds. The second kappa shape index (κ2) is 11.0. The molecule has 6 rings (SSSR count). The zero-order valence-electron chi connectivity index (χ0n) is 22.4. The summed E-state index contributed by atoms with van der Waals surface area (Å²) in [6.45, 7) is 1.39. The molecule has 1 aliphatic heterocycles. The van der Waals surface area contributed by atoms with Crippen LogP contribution < -0.4 is 4.74 Å². The van der Waals surface area contributed by atoms with Crippen molar-refractivity contribution >= 4 is 5.97 Å². The van der Waals surface area contributed by atoms with E-state index in [0.717, 1.165) is 28.1 Å². The molecule has 2 aliphatic rings. The van der Waals surface area contributed by atoms with Crippen LogP contribution in [0.2, 0.25) is 0 Å². The lowest BCUT2D eigenvalue weighted by Gasteiger charge is -2.28. The number of hydrogen-bond donors (Lipinski definition) is 1. The highest BCUT2D eigenvalue weighted by Gasteiger charge is 2.38. The third-order valence-electron chi connectivity index (χ3n) is 7.99. The molecule has 1 aliphatic carbocycles. The van der Waals surface area contributed by atoms with Crippen LogP contribution in [-0.2, 0) is 41.6 Å². The molecule has 8 nitrogen and oxygen atoms in total. The van der Waals surface area contributed by atoms with E-state index in [1.807, 2.05) is 17.0 Å². The van der Waals surface area contributed by atoms with Crippen molar-refractivity contribution in [2.24, 2.45) is 0 Å². The van der Waals surface area contributed by atoms with Crippen LogP contribution in [0.25, 0.3) is 0 Å². The van der Waals surface area contributed by atoms with E-state index in [9.17, 15) is 18.0 Å². The van der Waals surface area contributed by atoms with E-state index in [1.165, 1.54) is 19.4 Å². The molecule has 2 atom stereocenters. The van der Waals surface area contributed by atoms with E-state index in [4.69, 9.17) is 14.0 Å². The maximum Gasteiger partial charge on any atom is 0.416 e. The first-order valence-corrected chi connectivity index (χ1v) is 13.5. The summed E-state index contributed by atoms with van der Waals surface area (Å²) in [5, 5.41) is 3.99. The number of methoxy groups -OCH3 is 1. The van der Waals surface area contributed by atoms with Gasteiger partial charge in [0.2, 0.25) is 0 Å². The Labute approximate surface area is 234 Å². The van der Waals surface area contributed by atoms with Crippen molar-refractivity contribution in [1.29, 1.82) is 0 Å². The predicted molar refractivity (Wildman–Crippen MR) is 141 cm³/mol. The van der Waals surface area contributed by atoms with Crippen LogP contribution in [0, 0.1) is 0 Å². The molecular formula is C30H29F3N4O4. The van der Waals surface area contributed by atoms with Gasteiger partial charge in [0.25, 0.3) is 0 Å². The predicted octanol–water partition coefficient (Wildman–Crippen LogP) is 5.74. The zero-order chi connectivity index (χ0) is 28.6. The summed E-state index contributed by atoms with van der Waals surface area (Å²) in [4.78, 5) is 21.5. The van der Waals surface area contributed by atoms with Crippen molar-refractivity contribution in [3.05, 3.63) is 100.0 Å². The number of nitrogens with one attached hydrogen (secondary N) is 1. The molecule has 4 aromatic rings. The van der Waals surface area contributed by atoms with Crippen molar-refractivity contribution in [1.82, 2.24) is 20.0 Å². The van der Waals surface area contributed by atoms with Crippen molar-refractivity contribution in [3.63, 3.8) is 0 Å². The van der Waals surface area contributed by atoms with Crippen LogP contribution in [0.4, 0.5) is 13.2 Å². The smallest absolute Gasteiger partial charge is 0.416 e. The average molecular weight is 567 g/mol. The second-order valence-electron chi connectivity index (χ2n) is 10.4. The first kappa shape index (κ1) is 27.1. The number of H-pyrrole nitrogens is 1. The Morgan fingerprint density at radius 1 is 1.17 bits per heavy atom. The minimum absolute atomic E-state index is 0.0995. The molecule has 0 unspecified atom stereocenters. The van der Waals surface area contributed by atoms with Crippen molar-refractivity contribution < 1.29 is 32.0 Å². The van der Waals surface area contributed by atoms with Gasteiger partial charge in [-0.3, -0.25) is 9.69 Å². The van der Waals surface area contributed by atoms with Gasteiger partial charge in [0, 0.05) is 38.0 Å². The Morgan fingerprint density at radius 2 is 2.00 bits per heavy atom. The number of esters is 1. The number of fused-ring (bicyclic) bond motifs is 2.